The van der Waals surface area contributed by atoms with Gasteiger partial charge >= 0.3 is 0 Å². The van der Waals surface area contributed by atoms with Gasteiger partial charge in [-0.2, -0.15) is 0 Å². The SMILES string of the molecule is CC(C)Oc1ccc(C(=O)N[C@H]2CCN(c3nccs3)C2)cc1. The minimum Gasteiger partial charge on any atom is -0.491 e. The van der Waals surface area contributed by atoms with Crippen molar-refractivity contribution < 1.29 is 9.53 Å². The fourth-order valence-corrected chi connectivity index (χ4v) is 3.33. The van der Waals surface area contributed by atoms with Crippen molar-refractivity contribution in [2.75, 3.05) is 18.0 Å². The average molecular weight is 331 g/mol. The van der Waals surface area contributed by atoms with Gasteiger partial charge in [-0.05, 0) is 44.5 Å². The molecular formula is C17H21N3O2S. The third-order valence-electron chi connectivity index (χ3n) is 3.70. The summed E-state index contributed by atoms with van der Waals surface area (Å²) in [5, 5.41) is 6.10. The lowest BCUT2D eigenvalue weighted by Gasteiger charge is -2.16. The molecule has 2 aromatic rings. The van der Waals surface area contributed by atoms with Crippen molar-refractivity contribution in [1.29, 1.82) is 0 Å². The largest absolute Gasteiger partial charge is 0.491 e. The fraction of sp³-hybridized carbons (Fsp3) is 0.412. The molecule has 1 aliphatic heterocycles. The van der Waals surface area contributed by atoms with E-state index < -0.39 is 0 Å². The molecule has 1 amide bonds. The van der Waals surface area contributed by atoms with E-state index >= 15 is 0 Å². The van der Waals surface area contributed by atoms with Gasteiger partial charge in [-0.3, -0.25) is 4.79 Å². The zero-order valence-corrected chi connectivity index (χ0v) is 14.2. The lowest BCUT2D eigenvalue weighted by atomic mass is 10.2. The van der Waals surface area contributed by atoms with Crippen LogP contribution in [0.4, 0.5) is 5.13 Å². The predicted molar refractivity (Wildman–Crippen MR) is 92.4 cm³/mol. The molecule has 0 spiro atoms. The molecule has 1 saturated heterocycles. The van der Waals surface area contributed by atoms with Gasteiger partial charge in [-0.1, -0.05) is 0 Å². The number of aromatic nitrogens is 1. The first kappa shape index (κ1) is 15.8. The first-order chi connectivity index (χ1) is 11.1. The van der Waals surface area contributed by atoms with Crippen LogP contribution in [0.1, 0.15) is 30.6 Å². The molecule has 1 aromatic heterocycles. The molecule has 0 bridgehead atoms. The number of thiazole rings is 1. The molecule has 122 valence electrons. The van der Waals surface area contributed by atoms with Crippen LogP contribution in [0, 0.1) is 0 Å². The van der Waals surface area contributed by atoms with Crippen LogP contribution in [0.15, 0.2) is 35.8 Å². The summed E-state index contributed by atoms with van der Waals surface area (Å²) in [6.07, 6.45) is 2.89. The molecule has 0 radical (unpaired) electrons. The quantitative estimate of drug-likeness (QED) is 0.915. The highest BCUT2D eigenvalue weighted by Crippen LogP contribution is 2.22. The molecule has 3 rings (SSSR count). The van der Waals surface area contributed by atoms with Crippen molar-refractivity contribution in [3.8, 4) is 5.75 Å². The van der Waals surface area contributed by atoms with Crippen LogP contribution in [-0.2, 0) is 0 Å². The molecule has 1 aliphatic rings. The lowest BCUT2D eigenvalue weighted by molar-refractivity contribution is 0.0940. The van der Waals surface area contributed by atoms with Crippen LogP contribution in [-0.4, -0.2) is 36.1 Å². The highest BCUT2D eigenvalue weighted by Gasteiger charge is 2.25. The molecule has 2 heterocycles. The number of hydrogen-bond acceptors (Lipinski definition) is 5. The van der Waals surface area contributed by atoms with Gasteiger partial charge in [0.2, 0.25) is 0 Å². The van der Waals surface area contributed by atoms with E-state index in [4.69, 9.17) is 4.74 Å². The molecule has 1 N–H and O–H groups in total. The maximum Gasteiger partial charge on any atom is 0.251 e. The molecular weight excluding hydrogens is 310 g/mol. The van der Waals surface area contributed by atoms with Crippen LogP contribution < -0.4 is 15.0 Å². The Balaban J connectivity index is 1.55. The maximum atomic E-state index is 12.3. The number of benzene rings is 1. The van der Waals surface area contributed by atoms with Crippen molar-refractivity contribution in [1.82, 2.24) is 10.3 Å². The molecule has 0 unspecified atom stereocenters. The number of anilines is 1. The average Bonchev–Trinajstić information content (AvgIpc) is 3.18. The van der Waals surface area contributed by atoms with Crippen molar-refractivity contribution in [2.45, 2.75) is 32.4 Å². The van der Waals surface area contributed by atoms with Crippen molar-refractivity contribution in [3.63, 3.8) is 0 Å². The van der Waals surface area contributed by atoms with Gasteiger partial charge in [-0.15, -0.1) is 11.3 Å². The summed E-state index contributed by atoms with van der Waals surface area (Å²) in [4.78, 5) is 18.9. The van der Waals surface area contributed by atoms with Crippen molar-refractivity contribution >= 4 is 22.4 Å². The molecule has 6 heteroatoms. The van der Waals surface area contributed by atoms with E-state index in [-0.39, 0.29) is 18.1 Å². The second kappa shape index (κ2) is 7.00. The minimum atomic E-state index is -0.0351. The molecule has 5 nitrogen and oxygen atoms in total. The van der Waals surface area contributed by atoms with E-state index in [1.54, 1.807) is 23.5 Å². The highest BCUT2D eigenvalue weighted by molar-refractivity contribution is 7.13. The minimum absolute atomic E-state index is 0.0351. The van der Waals surface area contributed by atoms with E-state index in [2.05, 4.69) is 15.2 Å². The monoisotopic (exact) mass is 331 g/mol. The Bertz CT molecular complexity index is 640. The van der Waals surface area contributed by atoms with Crippen molar-refractivity contribution in [3.05, 3.63) is 41.4 Å². The number of carbonyl (C=O) groups is 1. The summed E-state index contributed by atoms with van der Waals surface area (Å²) in [7, 11) is 0. The van der Waals surface area contributed by atoms with E-state index in [1.807, 2.05) is 37.6 Å². The van der Waals surface area contributed by atoms with Gasteiger partial charge in [0, 0.05) is 36.3 Å². The third-order valence-corrected chi connectivity index (χ3v) is 4.53. The Morgan fingerprint density at radius 2 is 2.17 bits per heavy atom. The summed E-state index contributed by atoms with van der Waals surface area (Å²) in [6.45, 7) is 5.71. The van der Waals surface area contributed by atoms with Crippen LogP contribution in [0.3, 0.4) is 0 Å². The van der Waals surface area contributed by atoms with Gasteiger partial charge in [0.15, 0.2) is 5.13 Å². The topological polar surface area (TPSA) is 54.5 Å². The number of rotatable bonds is 5. The second-order valence-electron chi connectivity index (χ2n) is 5.91. The van der Waals surface area contributed by atoms with E-state index in [1.165, 1.54) is 0 Å². The zero-order chi connectivity index (χ0) is 16.2. The predicted octanol–water partition coefficient (Wildman–Crippen LogP) is 2.94. The highest BCUT2D eigenvalue weighted by atomic mass is 32.1. The zero-order valence-electron chi connectivity index (χ0n) is 13.4. The summed E-state index contributed by atoms with van der Waals surface area (Å²) < 4.78 is 5.59. The smallest absolute Gasteiger partial charge is 0.251 e. The molecule has 0 aliphatic carbocycles. The van der Waals surface area contributed by atoms with E-state index in [0.717, 1.165) is 30.4 Å². The van der Waals surface area contributed by atoms with Crippen molar-refractivity contribution in [2.24, 2.45) is 0 Å². The van der Waals surface area contributed by atoms with Crippen LogP contribution in [0.2, 0.25) is 0 Å². The Morgan fingerprint density at radius 3 is 2.83 bits per heavy atom. The van der Waals surface area contributed by atoms with Crippen LogP contribution in [0.5, 0.6) is 5.75 Å². The van der Waals surface area contributed by atoms with Gasteiger partial charge in [0.1, 0.15) is 5.75 Å². The number of ether oxygens (including phenoxy) is 1. The second-order valence-corrected chi connectivity index (χ2v) is 6.78. The molecule has 0 saturated carbocycles. The lowest BCUT2D eigenvalue weighted by Crippen LogP contribution is -2.37. The molecule has 1 atom stereocenters. The molecule has 1 fully saturated rings. The third kappa shape index (κ3) is 4.01. The summed E-state index contributed by atoms with van der Waals surface area (Å²) in [5.41, 5.74) is 0.661. The number of nitrogens with zero attached hydrogens (tertiary/aromatic N) is 2. The first-order valence-corrected chi connectivity index (χ1v) is 8.72. The summed E-state index contributed by atoms with van der Waals surface area (Å²) in [5.74, 6) is 0.749. The van der Waals surface area contributed by atoms with Gasteiger partial charge in [0.25, 0.3) is 5.91 Å². The van der Waals surface area contributed by atoms with Gasteiger partial charge in [0.05, 0.1) is 6.10 Å². The first-order valence-electron chi connectivity index (χ1n) is 7.84. The van der Waals surface area contributed by atoms with E-state index in [0.29, 0.717) is 5.56 Å². The Kier molecular flexibility index (Phi) is 4.81. The standard InChI is InChI=1S/C17H21N3O2S/c1-12(2)22-15-5-3-13(4-6-15)16(21)19-14-7-9-20(11-14)17-18-8-10-23-17/h3-6,8,10,12,14H,7,9,11H2,1-2H3,(H,19,21)/t14-/m0/s1. The summed E-state index contributed by atoms with van der Waals surface area (Å²) in [6, 6.07) is 7.45. The van der Waals surface area contributed by atoms with Crippen LogP contribution >= 0.6 is 11.3 Å². The molecule has 23 heavy (non-hydrogen) atoms. The normalized spacial score (nSPS) is 17.5. The molecule has 1 aromatic carbocycles. The number of carbonyl (C=O) groups excluding carboxylic acids is 1. The van der Waals surface area contributed by atoms with Gasteiger partial charge < -0.3 is 15.0 Å². The van der Waals surface area contributed by atoms with E-state index in [9.17, 15) is 4.79 Å². The van der Waals surface area contributed by atoms with Crippen LogP contribution in [0.25, 0.3) is 0 Å². The number of nitrogens with one attached hydrogen (secondary N) is 1. The Morgan fingerprint density at radius 1 is 1.39 bits per heavy atom. The van der Waals surface area contributed by atoms with Gasteiger partial charge in [-0.25, -0.2) is 4.98 Å². The number of amides is 1. The summed E-state index contributed by atoms with van der Waals surface area (Å²) >= 11 is 1.63. The maximum absolute atomic E-state index is 12.3. The number of hydrogen-bond donors (Lipinski definition) is 1. The fourth-order valence-electron chi connectivity index (χ4n) is 2.65. The Labute approximate surface area is 140 Å². The Hall–Kier alpha value is -2.08.